The number of imidazole rings is 1. The number of aromatic nitrogens is 3. The van der Waals surface area contributed by atoms with Crippen LogP contribution in [-0.2, 0) is 4.74 Å². The second kappa shape index (κ2) is 9.32. The molecule has 32 heavy (non-hydrogen) atoms. The van der Waals surface area contributed by atoms with E-state index < -0.39 is 0 Å². The van der Waals surface area contributed by atoms with Crippen LogP contribution in [0.2, 0.25) is 0 Å². The Morgan fingerprint density at radius 1 is 1.28 bits per heavy atom. The van der Waals surface area contributed by atoms with Crippen molar-refractivity contribution in [3.8, 4) is 6.07 Å². The summed E-state index contributed by atoms with van der Waals surface area (Å²) in [5, 5.41) is 39.2. The van der Waals surface area contributed by atoms with Gasteiger partial charge in [-0.2, -0.15) is 9.78 Å². The Labute approximate surface area is 185 Å². The van der Waals surface area contributed by atoms with Crippen molar-refractivity contribution in [2.75, 3.05) is 41.1 Å². The number of hydrogen-bond acceptors (Lipinski definition) is 9. The average molecular weight is 432 g/mol. The van der Waals surface area contributed by atoms with Crippen molar-refractivity contribution in [1.82, 2.24) is 14.6 Å². The molecule has 0 amide bonds. The predicted octanol–water partition coefficient (Wildman–Crippen LogP) is 3.00. The van der Waals surface area contributed by atoms with Crippen molar-refractivity contribution in [2.24, 2.45) is 0 Å². The molecule has 2 aromatic heterocycles. The first-order valence-corrected chi connectivity index (χ1v) is 10.2. The number of nitrogens with zero attached hydrogens (tertiary/aromatic N) is 5. The predicted molar refractivity (Wildman–Crippen MR) is 124 cm³/mol. The van der Waals surface area contributed by atoms with Crippen molar-refractivity contribution >= 4 is 46.9 Å². The maximum Gasteiger partial charge on any atom is 0.178 e. The smallest absolute Gasteiger partial charge is 0.178 e. The fourth-order valence-corrected chi connectivity index (χ4v) is 3.24. The molecule has 0 atom stereocenters. The lowest BCUT2D eigenvalue weighted by atomic mass is 10.2. The summed E-state index contributed by atoms with van der Waals surface area (Å²) >= 11 is 0. The Hall–Kier alpha value is -4.17. The van der Waals surface area contributed by atoms with Gasteiger partial charge in [-0.15, -0.1) is 5.10 Å². The van der Waals surface area contributed by atoms with Gasteiger partial charge in [-0.3, -0.25) is 15.7 Å². The molecule has 11 heteroatoms. The molecule has 3 aromatic rings. The number of rotatable bonds is 11. The summed E-state index contributed by atoms with van der Waals surface area (Å²) in [6, 6.07) is 9.97. The standard InChI is InChI=1S/C21H24N10O/c1-32-7-6-25-17-5-4-15(8-19(17)30(12-23)13-24)28-20-9-18(27-14-2-3-14)21-26-11-16(10-22)31(21)29-20/h4-5,8-9,11-14,23-25,27H,2-3,6-7H2,1H3,(H,28,29). The fourth-order valence-electron chi connectivity index (χ4n) is 3.24. The van der Waals surface area contributed by atoms with Gasteiger partial charge in [0, 0.05) is 31.5 Å². The zero-order valence-electron chi connectivity index (χ0n) is 17.6. The van der Waals surface area contributed by atoms with Crippen LogP contribution >= 0.6 is 0 Å². The molecule has 164 valence electrons. The molecule has 0 aliphatic heterocycles. The zero-order valence-corrected chi connectivity index (χ0v) is 17.6. The molecule has 0 radical (unpaired) electrons. The van der Waals surface area contributed by atoms with Gasteiger partial charge in [0.05, 0.1) is 42.5 Å². The van der Waals surface area contributed by atoms with E-state index in [0.717, 1.165) is 36.9 Å². The SMILES string of the molecule is COCCNc1ccc(Nc2cc(NC3CC3)c3ncc(C#N)n3n2)cc1N(C=N)C=N. The maximum absolute atomic E-state index is 9.41. The molecule has 1 aliphatic carbocycles. The highest BCUT2D eigenvalue weighted by molar-refractivity contribution is 6.02. The van der Waals surface area contributed by atoms with E-state index >= 15 is 0 Å². The highest BCUT2D eigenvalue weighted by atomic mass is 16.5. The third kappa shape index (κ3) is 4.45. The summed E-state index contributed by atoms with van der Waals surface area (Å²) in [6.45, 7) is 1.12. The molecule has 1 saturated carbocycles. The van der Waals surface area contributed by atoms with Crippen LogP contribution in [0.1, 0.15) is 18.5 Å². The Kier molecular flexibility index (Phi) is 6.14. The van der Waals surface area contributed by atoms with E-state index in [4.69, 9.17) is 15.6 Å². The fraction of sp³-hybridized carbons (Fsp3) is 0.286. The van der Waals surface area contributed by atoms with Gasteiger partial charge in [0.1, 0.15) is 6.07 Å². The highest BCUT2D eigenvalue weighted by Crippen LogP contribution is 2.32. The first-order valence-electron chi connectivity index (χ1n) is 10.2. The number of anilines is 5. The molecule has 1 aliphatic rings. The Balaban J connectivity index is 1.68. The monoisotopic (exact) mass is 432 g/mol. The van der Waals surface area contributed by atoms with Crippen LogP contribution in [-0.4, -0.2) is 53.6 Å². The van der Waals surface area contributed by atoms with E-state index in [1.165, 1.54) is 15.6 Å². The molecule has 4 rings (SSSR count). The van der Waals surface area contributed by atoms with Gasteiger partial charge in [-0.25, -0.2) is 4.98 Å². The number of nitrogens with one attached hydrogen (secondary N) is 5. The summed E-state index contributed by atoms with van der Waals surface area (Å²) in [5.41, 5.74) is 3.88. The van der Waals surface area contributed by atoms with Gasteiger partial charge in [0.2, 0.25) is 0 Å². The molecular weight excluding hydrogens is 408 g/mol. The zero-order chi connectivity index (χ0) is 22.5. The van der Waals surface area contributed by atoms with E-state index in [1.807, 2.05) is 24.3 Å². The van der Waals surface area contributed by atoms with Crippen molar-refractivity contribution in [1.29, 1.82) is 16.1 Å². The Bertz CT molecular complexity index is 1170. The summed E-state index contributed by atoms with van der Waals surface area (Å²) < 4.78 is 6.61. The van der Waals surface area contributed by atoms with Crippen LogP contribution in [0.25, 0.3) is 5.65 Å². The largest absolute Gasteiger partial charge is 0.383 e. The van der Waals surface area contributed by atoms with Crippen LogP contribution in [0.3, 0.4) is 0 Å². The van der Waals surface area contributed by atoms with E-state index in [9.17, 15) is 5.26 Å². The first kappa shape index (κ1) is 21.1. The molecule has 1 fully saturated rings. The third-order valence-corrected chi connectivity index (χ3v) is 4.97. The van der Waals surface area contributed by atoms with E-state index in [2.05, 4.69) is 32.1 Å². The number of ether oxygens (including phenoxy) is 1. The number of benzene rings is 1. The molecule has 2 heterocycles. The van der Waals surface area contributed by atoms with Crippen LogP contribution < -0.4 is 20.9 Å². The topological polar surface area (TPSA) is 150 Å². The minimum absolute atomic E-state index is 0.347. The van der Waals surface area contributed by atoms with Crippen LogP contribution in [0.5, 0.6) is 0 Å². The highest BCUT2D eigenvalue weighted by Gasteiger charge is 2.23. The van der Waals surface area contributed by atoms with Crippen LogP contribution in [0.4, 0.5) is 28.6 Å². The number of methoxy groups -OCH3 is 1. The second-order valence-electron chi connectivity index (χ2n) is 7.29. The molecule has 0 unspecified atom stereocenters. The van der Waals surface area contributed by atoms with E-state index in [0.29, 0.717) is 47.7 Å². The number of nitriles is 1. The minimum Gasteiger partial charge on any atom is -0.383 e. The Morgan fingerprint density at radius 3 is 2.78 bits per heavy atom. The van der Waals surface area contributed by atoms with Crippen molar-refractivity contribution < 1.29 is 4.74 Å². The molecule has 1 aromatic carbocycles. The van der Waals surface area contributed by atoms with Gasteiger partial charge in [0.15, 0.2) is 17.2 Å². The summed E-state index contributed by atoms with van der Waals surface area (Å²) in [5.74, 6) is 0.539. The van der Waals surface area contributed by atoms with E-state index in [-0.39, 0.29) is 0 Å². The number of fused-ring (bicyclic) bond motifs is 1. The van der Waals surface area contributed by atoms with Gasteiger partial charge in [-0.1, -0.05) is 0 Å². The summed E-state index contributed by atoms with van der Waals surface area (Å²) in [4.78, 5) is 5.73. The average Bonchev–Trinajstić information content (AvgIpc) is 3.52. The van der Waals surface area contributed by atoms with Gasteiger partial charge in [0.25, 0.3) is 0 Å². The van der Waals surface area contributed by atoms with Gasteiger partial charge < -0.3 is 20.7 Å². The van der Waals surface area contributed by atoms with Gasteiger partial charge >= 0.3 is 0 Å². The van der Waals surface area contributed by atoms with Gasteiger partial charge in [-0.05, 0) is 31.0 Å². The molecule has 11 nitrogen and oxygen atoms in total. The molecule has 0 spiro atoms. The lowest BCUT2D eigenvalue weighted by Crippen LogP contribution is -2.20. The Morgan fingerprint density at radius 2 is 2.09 bits per heavy atom. The van der Waals surface area contributed by atoms with Crippen molar-refractivity contribution in [3.05, 3.63) is 36.2 Å². The van der Waals surface area contributed by atoms with E-state index in [1.54, 1.807) is 7.11 Å². The third-order valence-electron chi connectivity index (χ3n) is 4.97. The minimum atomic E-state index is 0.347. The summed E-state index contributed by atoms with van der Waals surface area (Å²) in [7, 11) is 1.63. The normalized spacial score (nSPS) is 12.8. The second-order valence-corrected chi connectivity index (χ2v) is 7.29. The van der Waals surface area contributed by atoms with Crippen molar-refractivity contribution in [3.63, 3.8) is 0 Å². The first-order chi connectivity index (χ1) is 15.7. The lowest BCUT2D eigenvalue weighted by Gasteiger charge is -2.20. The molecule has 5 N–H and O–H groups in total. The molecule has 0 bridgehead atoms. The number of hydrogen-bond donors (Lipinski definition) is 5. The molecule has 0 saturated heterocycles. The quantitative estimate of drug-likeness (QED) is 0.176. The maximum atomic E-state index is 9.41. The summed E-state index contributed by atoms with van der Waals surface area (Å²) in [6.07, 6.45) is 5.86. The lowest BCUT2D eigenvalue weighted by molar-refractivity contribution is 0.211. The molecular formula is C21H24N10O. The van der Waals surface area contributed by atoms with Crippen LogP contribution in [0, 0.1) is 22.1 Å². The van der Waals surface area contributed by atoms with Crippen molar-refractivity contribution in [2.45, 2.75) is 18.9 Å². The van der Waals surface area contributed by atoms with Crippen LogP contribution in [0.15, 0.2) is 30.5 Å².